The van der Waals surface area contributed by atoms with Crippen LogP contribution in [0.4, 0.5) is 0 Å². The molecule has 0 aliphatic rings. The summed E-state index contributed by atoms with van der Waals surface area (Å²) in [5.41, 5.74) is 0. The molecule has 0 aromatic carbocycles. The number of aliphatic carboxylic acids is 3. The Bertz CT molecular complexity index is 132. The quantitative estimate of drug-likeness (QED) is 0.376. The van der Waals surface area contributed by atoms with Crippen molar-refractivity contribution in [3.05, 3.63) is 6.15 Å². The molecule has 0 bridgehead atoms. The van der Waals surface area contributed by atoms with Crippen molar-refractivity contribution < 1.29 is 207 Å². The molecule has 0 aliphatic carbocycles. The van der Waals surface area contributed by atoms with Gasteiger partial charge in [0.2, 0.25) is 0 Å². The summed E-state index contributed by atoms with van der Waals surface area (Å²) >= 11 is 0. The van der Waals surface area contributed by atoms with Crippen molar-refractivity contribution >= 4 is 17.9 Å². The molecule has 0 saturated carbocycles. The van der Waals surface area contributed by atoms with E-state index in [1.165, 1.54) is 0 Å². The van der Waals surface area contributed by atoms with Crippen LogP contribution in [0.25, 0.3) is 6.15 Å². The van der Waals surface area contributed by atoms with Crippen LogP contribution in [0.2, 0.25) is 0 Å². The zero-order valence-electron chi connectivity index (χ0n) is 13.5. The second-order valence-corrected chi connectivity index (χ2v) is 1.56. The molecule has 3 N–H and O–H groups in total. The number of hydrogen-bond acceptors (Lipinski definition) is 3. The van der Waals surface area contributed by atoms with E-state index in [0.29, 0.717) is 0 Å². The van der Waals surface area contributed by atoms with Gasteiger partial charge in [0.05, 0.1) is 0 Å². The molecule has 0 radical (unpaired) electrons. The van der Waals surface area contributed by atoms with E-state index >= 15 is 0 Å². The summed E-state index contributed by atoms with van der Waals surface area (Å²) in [5, 5.41) is 22.2. The Morgan fingerprint density at radius 1 is 0.526 bits per heavy atom. The first-order valence-electron chi connectivity index (χ1n) is 2.78. The monoisotopic (exact) mass is 332 g/mol. The number of carbonyl (C=O) groups is 3. The Kier molecular flexibility index (Phi) is 197. The first kappa shape index (κ1) is 65.4. The van der Waals surface area contributed by atoms with Gasteiger partial charge in [-0.05, 0) is 0 Å². The molecule has 0 saturated heterocycles. The van der Waals surface area contributed by atoms with Crippen molar-refractivity contribution in [1.82, 2.24) is 0 Å². The minimum absolute atomic E-state index is 0. The average molecular weight is 332 g/mol. The maximum Gasteiger partial charge on any atom is 1.00 e. The number of carboxylic acid groups (broad SMARTS) is 3. The zero-order valence-corrected chi connectivity index (χ0v) is 25.5. The van der Waals surface area contributed by atoms with Crippen molar-refractivity contribution in [3.63, 3.8) is 0 Å². The van der Waals surface area contributed by atoms with Gasteiger partial charge in [0.15, 0.2) is 0 Å². The van der Waals surface area contributed by atoms with Crippen LogP contribution < -0.4 is 177 Å². The Labute approximate surface area is 246 Å². The van der Waals surface area contributed by atoms with E-state index in [9.17, 15) is 0 Å². The smallest absolute Gasteiger partial charge is 1.00 e. The summed E-state index contributed by atoms with van der Waals surface area (Å²) in [6.07, 6.45) is 0. The van der Waals surface area contributed by atoms with Crippen molar-refractivity contribution in [2.75, 3.05) is 0 Å². The number of carboxylic acids is 3. The molecule has 13 heteroatoms. The molecule has 0 atom stereocenters. The molecule has 0 amide bonds. The van der Waals surface area contributed by atoms with Crippen LogP contribution in [-0.2, 0) is 14.4 Å². The SMILES string of the molecule is CC(=O)O.CC(=O)O.CC(=O)O.[N-3].[Na+].[Na+].[Na+].[Na+].[Na+].[Na+]. The Morgan fingerprint density at radius 2 is 0.526 bits per heavy atom. The van der Waals surface area contributed by atoms with Crippen LogP contribution in [0.5, 0.6) is 0 Å². The normalized spacial score (nSPS) is 3.95. The van der Waals surface area contributed by atoms with Crippen LogP contribution in [-0.4, -0.2) is 33.2 Å². The minimum atomic E-state index is -0.833. The fraction of sp³-hybridized carbons (Fsp3) is 0.500. The van der Waals surface area contributed by atoms with Crippen molar-refractivity contribution in [1.29, 1.82) is 0 Å². The van der Waals surface area contributed by atoms with Gasteiger partial charge in [-0.3, -0.25) is 14.4 Å². The Morgan fingerprint density at radius 3 is 0.526 bits per heavy atom. The minimum Gasteiger partial charge on any atom is -3.00 e. The van der Waals surface area contributed by atoms with E-state index in [-0.39, 0.29) is 183 Å². The summed E-state index contributed by atoms with van der Waals surface area (Å²) in [5.74, 6) is -2.50. The Balaban J connectivity index is -0.00000000675. The van der Waals surface area contributed by atoms with Gasteiger partial charge < -0.3 is 21.5 Å². The third kappa shape index (κ3) is 486. The molecule has 80 valence electrons. The van der Waals surface area contributed by atoms with E-state index in [2.05, 4.69) is 0 Å². The van der Waals surface area contributed by atoms with E-state index in [1.54, 1.807) is 0 Å². The average Bonchev–Trinajstić information content (AvgIpc) is 1.54. The van der Waals surface area contributed by atoms with Gasteiger partial charge in [0, 0.05) is 20.8 Å². The van der Waals surface area contributed by atoms with Crippen LogP contribution in [0.1, 0.15) is 20.8 Å². The summed E-state index contributed by atoms with van der Waals surface area (Å²) in [6, 6.07) is 0. The van der Waals surface area contributed by atoms with Crippen LogP contribution in [0.3, 0.4) is 0 Å². The zero-order chi connectivity index (χ0) is 10.7. The second kappa shape index (κ2) is 57.1. The Hall–Kier alpha value is 4.37. The van der Waals surface area contributed by atoms with Crippen molar-refractivity contribution in [3.8, 4) is 0 Å². The molecule has 0 fully saturated rings. The van der Waals surface area contributed by atoms with Gasteiger partial charge in [0.25, 0.3) is 17.9 Å². The number of rotatable bonds is 0. The van der Waals surface area contributed by atoms with Gasteiger partial charge in [-0.25, -0.2) is 0 Å². The van der Waals surface area contributed by atoms with Gasteiger partial charge >= 0.3 is 177 Å². The first-order valence-corrected chi connectivity index (χ1v) is 2.78. The third-order valence-electron chi connectivity index (χ3n) is 0. The molecule has 0 rings (SSSR count). The number of hydrogen-bond donors (Lipinski definition) is 3. The van der Waals surface area contributed by atoms with E-state index in [1.807, 2.05) is 0 Å². The maximum atomic E-state index is 9.00. The van der Waals surface area contributed by atoms with Gasteiger partial charge in [-0.2, -0.15) is 0 Å². The van der Waals surface area contributed by atoms with E-state index in [4.69, 9.17) is 29.7 Å². The third-order valence-corrected chi connectivity index (χ3v) is 0. The fourth-order valence-electron chi connectivity index (χ4n) is 0. The topological polar surface area (TPSA) is 142 Å². The molecule has 0 aromatic heterocycles. The van der Waals surface area contributed by atoms with Gasteiger partial charge in [0.1, 0.15) is 0 Å². The van der Waals surface area contributed by atoms with Gasteiger partial charge in [-0.1, -0.05) is 0 Å². The summed E-state index contributed by atoms with van der Waals surface area (Å²) in [4.78, 5) is 27.0. The fourth-order valence-corrected chi connectivity index (χ4v) is 0. The predicted octanol–water partition coefficient (Wildman–Crippen LogP) is -17.4. The van der Waals surface area contributed by atoms with E-state index in [0.717, 1.165) is 20.8 Å². The molecule has 0 aromatic rings. The van der Waals surface area contributed by atoms with E-state index < -0.39 is 17.9 Å². The molecular formula is C6H12NNa6O6+3. The molecule has 0 unspecified atom stereocenters. The van der Waals surface area contributed by atoms with Crippen LogP contribution in [0.15, 0.2) is 0 Å². The van der Waals surface area contributed by atoms with Gasteiger partial charge in [-0.15, -0.1) is 0 Å². The maximum absolute atomic E-state index is 9.00. The van der Waals surface area contributed by atoms with Crippen LogP contribution >= 0.6 is 0 Å². The summed E-state index contributed by atoms with van der Waals surface area (Å²) in [7, 11) is 0. The molecule has 0 heterocycles. The largest absolute Gasteiger partial charge is 3.00 e. The molecular weight excluding hydrogens is 320 g/mol. The molecule has 19 heavy (non-hydrogen) atoms. The predicted molar refractivity (Wildman–Crippen MR) is 43.3 cm³/mol. The van der Waals surface area contributed by atoms with Crippen molar-refractivity contribution in [2.24, 2.45) is 0 Å². The van der Waals surface area contributed by atoms with Crippen LogP contribution in [0, 0.1) is 0 Å². The molecule has 0 aliphatic heterocycles. The number of nitrogens with zero attached hydrogens (tertiary/aromatic N) is 1. The first-order chi connectivity index (χ1) is 5.20. The molecule has 7 nitrogen and oxygen atoms in total. The van der Waals surface area contributed by atoms with Crippen molar-refractivity contribution in [2.45, 2.75) is 20.8 Å². The summed E-state index contributed by atoms with van der Waals surface area (Å²) in [6.45, 7) is 3.25. The molecule has 0 spiro atoms. The second-order valence-electron chi connectivity index (χ2n) is 1.56. The standard InChI is InChI=1S/3C2H4O2.N.6Na/c3*1-2(3)4;;;;;;;/h3*1H3,(H,3,4);;;;;;;/q;;;-3;6*+1. The summed E-state index contributed by atoms with van der Waals surface area (Å²) < 4.78 is 0.